The van der Waals surface area contributed by atoms with Gasteiger partial charge in [0.05, 0.1) is 0 Å². The van der Waals surface area contributed by atoms with E-state index in [9.17, 15) is 0 Å². The van der Waals surface area contributed by atoms with Crippen molar-refractivity contribution in [3.8, 4) is 0 Å². The largest absolute Gasteiger partial charge is 0.368 e. The second kappa shape index (κ2) is 4.74. The van der Waals surface area contributed by atoms with Gasteiger partial charge in [-0.15, -0.1) is 16.4 Å². The van der Waals surface area contributed by atoms with E-state index in [0.29, 0.717) is 5.16 Å². The first-order valence-electron chi connectivity index (χ1n) is 5.63. The van der Waals surface area contributed by atoms with E-state index in [-0.39, 0.29) is 5.95 Å². The number of tetrazole rings is 1. The molecule has 3 heterocycles. The highest BCUT2D eigenvalue weighted by Crippen LogP contribution is 2.34. The molecule has 0 fully saturated rings. The van der Waals surface area contributed by atoms with Gasteiger partial charge in [-0.1, -0.05) is 6.92 Å². The predicted octanol–water partition coefficient (Wildman–Crippen LogP) is 1.51. The highest BCUT2D eigenvalue weighted by Gasteiger charge is 2.14. The van der Waals surface area contributed by atoms with Gasteiger partial charge in [-0.05, 0) is 34.7 Å². The van der Waals surface area contributed by atoms with Crippen LogP contribution in [0.25, 0.3) is 10.2 Å². The van der Waals surface area contributed by atoms with Crippen LogP contribution in [0.3, 0.4) is 0 Å². The Morgan fingerprint density at radius 3 is 2.95 bits per heavy atom. The van der Waals surface area contributed by atoms with Crippen molar-refractivity contribution in [1.82, 2.24) is 30.2 Å². The Kier molecular flexibility index (Phi) is 3.07. The molecule has 0 unspecified atom stereocenters. The van der Waals surface area contributed by atoms with Crippen molar-refractivity contribution in [2.24, 2.45) is 7.05 Å². The Labute approximate surface area is 117 Å². The molecule has 3 rings (SSSR count). The highest BCUT2D eigenvalue weighted by atomic mass is 32.2. The molecular formula is C10H11N7S2. The molecular weight excluding hydrogens is 282 g/mol. The lowest BCUT2D eigenvalue weighted by atomic mass is 10.3. The molecule has 0 saturated carbocycles. The Balaban J connectivity index is 2.11. The number of anilines is 1. The number of hydrogen-bond acceptors (Lipinski definition) is 8. The molecule has 0 aliphatic rings. The van der Waals surface area contributed by atoms with Gasteiger partial charge in [0.2, 0.25) is 11.1 Å². The molecule has 0 saturated heterocycles. The molecule has 0 aromatic carbocycles. The van der Waals surface area contributed by atoms with Crippen molar-refractivity contribution >= 4 is 39.3 Å². The number of aromatic nitrogens is 6. The fourth-order valence-corrected chi connectivity index (χ4v) is 3.47. The maximum Gasteiger partial charge on any atom is 0.222 e. The summed E-state index contributed by atoms with van der Waals surface area (Å²) >= 11 is 3.03. The molecule has 3 aromatic rings. The van der Waals surface area contributed by atoms with Crippen LogP contribution in [0.1, 0.15) is 11.8 Å². The molecule has 3 aromatic heterocycles. The second-order valence-electron chi connectivity index (χ2n) is 3.86. The van der Waals surface area contributed by atoms with Crippen LogP contribution in [0.15, 0.2) is 16.2 Å². The minimum Gasteiger partial charge on any atom is -0.368 e. The Morgan fingerprint density at radius 1 is 1.42 bits per heavy atom. The molecule has 19 heavy (non-hydrogen) atoms. The topological polar surface area (TPSA) is 95.4 Å². The van der Waals surface area contributed by atoms with E-state index in [2.05, 4.69) is 38.5 Å². The number of hydrogen-bond donors (Lipinski definition) is 1. The maximum atomic E-state index is 5.76. The number of nitrogens with two attached hydrogens (primary N) is 1. The smallest absolute Gasteiger partial charge is 0.222 e. The molecule has 0 radical (unpaired) electrons. The summed E-state index contributed by atoms with van der Waals surface area (Å²) in [5, 5.41) is 13.8. The van der Waals surface area contributed by atoms with E-state index in [1.54, 1.807) is 23.1 Å². The first-order valence-corrected chi connectivity index (χ1v) is 7.27. The van der Waals surface area contributed by atoms with Gasteiger partial charge in [0.15, 0.2) is 0 Å². The summed E-state index contributed by atoms with van der Waals surface area (Å²) in [6, 6.07) is 2.10. The molecule has 0 atom stereocenters. The average molecular weight is 293 g/mol. The zero-order valence-corrected chi connectivity index (χ0v) is 12.0. The summed E-state index contributed by atoms with van der Waals surface area (Å²) in [6.45, 7) is 2.11. The number of nitrogen functional groups attached to an aromatic ring is 1. The van der Waals surface area contributed by atoms with Gasteiger partial charge in [-0.2, -0.15) is 0 Å². The quantitative estimate of drug-likeness (QED) is 0.731. The SMILES string of the molecule is CCc1cc2c(Sc3nnnn3C)nc(N)nc2s1. The van der Waals surface area contributed by atoms with Crippen LogP contribution < -0.4 is 5.73 Å². The molecule has 0 spiro atoms. The van der Waals surface area contributed by atoms with Crippen LogP contribution in [0.4, 0.5) is 5.95 Å². The predicted molar refractivity (Wildman–Crippen MR) is 74.1 cm³/mol. The maximum absolute atomic E-state index is 5.76. The third kappa shape index (κ3) is 2.26. The summed E-state index contributed by atoms with van der Waals surface area (Å²) in [4.78, 5) is 10.7. The van der Waals surface area contributed by atoms with E-state index in [1.807, 2.05) is 0 Å². The lowest BCUT2D eigenvalue weighted by Gasteiger charge is -2.01. The van der Waals surface area contributed by atoms with Gasteiger partial charge in [0, 0.05) is 17.3 Å². The third-order valence-electron chi connectivity index (χ3n) is 2.54. The first kappa shape index (κ1) is 12.3. The molecule has 0 bridgehead atoms. The lowest BCUT2D eigenvalue weighted by Crippen LogP contribution is -1.97. The van der Waals surface area contributed by atoms with Crippen LogP contribution in [0, 0.1) is 0 Å². The van der Waals surface area contributed by atoms with E-state index in [1.165, 1.54) is 16.6 Å². The average Bonchev–Trinajstić information content (AvgIpc) is 2.96. The van der Waals surface area contributed by atoms with Gasteiger partial charge in [0.1, 0.15) is 9.86 Å². The van der Waals surface area contributed by atoms with Gasteiger partial charge in [0.25, 0.3) is 0 Å². The van der Waals surface area contributed by atoms with Crippen LogP contribution in [-0.2, 0) is 13.5 Å². The van der Waals surface area contributed by atoms with E-state index in [4.69, 9.17) is 5.73 Å². The van der Waals surface area contributed by atoms with Crippen LogP contribution in [0.5, 0.6) is 0 Å². The van der Waals surface area contributed by atoms with Gasteiger partial charge < -0.3 is 5.73 Å². The Morgan fingerprint density at radius 2 is 2.26 bits per heavy atom. The normalized spacial score (nSPS) is 11.3. The van der Waals surface area contributed by atoms with Crippen molar-refractivity contribution in [2.45, 2.75) is 23.5 Å². The minimum atomic E-state index is 0.273. The van der Waals surface area contributed by atoms with Gasteiger partial charge in [-0.25, -0.2) is 14.6 Å². The van der Waals surface area contributed by atoms with Crippen molar-refractivity contribution in [3.63, 3.8) is 0 Å². The highest BCUT2D eigenvalue weighted by molar-refractivity contribution is 7.99. The molecule has 0 aliphatic heterocycles. The summed E-state index contributed by atoms with van der Waals surface area (Å²) in [5.41, 5.74) is 5.76. The molecule has 0 aliphatic carbocycles. The van der Waals surface area contributed by atoms with Gasteiger partial charge in [-0.3, -0.25) is 0 Å². The third-order valence-corrected chi connectivity index (χ3v) is 4.75. The van der Waals surface area contributed by atoms with Crippen LogP contribution in [0.2, 0.25) is 0 Å². The van der Waals surface area contributed by atoms with E-state index in [0.717, 1.165) is 21.7 Å². The van der Waals surface area contributed by atoms with Crippen molar-refractivity contribution in [3.05, 3.63) is 10.9 Å². The monoisotopic (exact) mass is 293 g/mol. The number of fused-ring (bicyclic) bond motifs is 1. The summed E-state index contributed by atoms with van der Waals surface area (Å²) < 4.78 is 1.60. The van der Waals surface area contributed by atoms with E-state index >= 15 is 0 Å². The number of nitrogens with zero attached hydrogens (tertiary/aromatic N) is 6. The Bertz CT molecular complexity index is 733. The van der Waals surface area contributed by atoms with Crippen molar-refractivity contribution < 1.29 is 0 Å². The molecule has 7 nitrogen and oxygen atoms in total. The van der Waals surface area contributed by atoms with Crippen molar-refractivity contribution in [1.29, 1.82) is 0 Å². The van der Waals surface area contributed by atoms with E-state index < -0.39 is 0 Å². The molecule has 0 amide bonds. The number of thiophene rings is 1. The number of rotatable bonds is 3. The summed E-state index contributed by atoms with van der Waals surface area (Å²) in [5.74, 6) is 0.273. The van der Waals surface area contributed by atoms with Crippen molar-refractivity contribution in [2.75, 3.05) is 5.73 Å². The zero-order valence-electron chi connectivity index (χ0n) is 10.4. The lowest BCUT2D eigenvalue weighted by molar-refractivity contribution is 0.664. The van der Waals surface area contributed by atoms with Crippen LogP contribution >= 0.6 is 23.1 Å². The summed E-state index contributed by atoms with van der Waals surface area (Å²) in [6.07, 6.45) is 0.969. The molecule has 98 valence electrons. The van der Waals surface area contributed by atoms with Crippen LogP contribution in [-0.4, -0.2) is 30.2 Å². The molecule has 2 N–H and O–H groups in total. The zero-order chi connectivity index (χ0) is 13.4. The fraction of sp³-hybridized carbons (Fsp3) is 0.300. The Hall–Kier alpha value is -1.74. The standard InChI is InChI=1S/C10H11N7S2/c1-3-5-4-6-7(18-5)12-9(11)13-8(6)19-10-14-15-16-17(10)2/h4H,3H2,1-2H3,(H2,11,12,13). The fourth-order valence-electron chi connectivity index (χ4n) is 1.61. The van der Waals surface area contributed by atoms with Gasteiger partial charge >= 0.3 is 0 Å². The molecule has 9 heteroatoms. The summed E-state index contributed by atoms with van der Waals surface area (Å²) in [7, 11) is 1.79. The first-order chi connectivity index (χ1) is 9.17. The number of aryl methyl sites for hydroxylation is 2. The second-order valence-corrected chi connectivity index (χ2v) is 5.93. The minimum absolute atomic E-state index is 0.273.